The first-order valence-electron chi connectivity index (χ1n) is 6.39. The maximum absolute atomic E-state index is 12.4. The van der Waals surface area contributed by atoms with Crippen molar-refractivity contribution in [3.8, 4) is 5.75 Å². The highest BCUT2D eigenvalue weighted by atomic mass is 16.5. The second-order valence-electron chi connectivity index (χ2n) is 5.09. The van der Waals surface area contributed by atoms with E-state index in [0.717, 1.165) is 0 Å². The molecule has 1 aliphatic heterocycles. The molecule has 1 aromatic carbocycles. The first-order valence-corrected chi connectivity index (χ1v) is 6.39. The fourth-order valence-electron chi connectivity index (χ4n) is 2.49. The Hall–Kier alpha value is -2.24. The molecule has 108 valence electrons. The molecule has 0 aromatic heterocycles. The van der Waals surface area contributed by atoms with E-state index < -0.39 is 11.9 Å². The molecule has 2 unspecified atom stereocenters. The van der Waals surface area contributed by atoms with Gasteiger partial charge in [-0.3, -0.25) is 9.59 Å². The smallest absolute Gasteiger partial charge is 0.308 e. The van der Waals surface area contributed by atoms with Gasteiger partial charge in [-0.2, -0.15) is 0 Å². The summed E-state index contributed by atoms with van der Waals surface area (Å²) in [6.45, 7) is 2.49. The van der Waals surface area contributed by atoms with Gasteiger partial charge in [0.05, 0.1) is 18.6 Å². The van der Waals surface area contributed by atoms with E-state index in [-0.39, 0.29) is 18.4 Å². The van der Waals surface area contributed by atoms with Crippen molar-refractivity contribution in [3.05, 3.63) is 23.8 Å². The summed E-state index contributed by atoms with van der Waals surface area (Å²) in [6.07, 6.45) is 0. The number of aliphatic carboxylic acids is 1. The zero-order valence-electron chi connectivity index (χ0n) is 11.5. The molecule has 3 N–H and O–H groups in total. The number of nitrogens with two attached hydrogens (primary N) is 1. The molecule has 1 amide bonds. The van der Waals surface area contributed by atoms with E-state index in [4.69, 9.17) is 15.6 Å². The number of ether oxygens (including phenoxy) is 1. The number of amides is 1. The third-order valence-electron chi connectivity index (χ3n) is 3.71. The molecule has 1 aromatic rings. The van der Waals surface area contributed by atoms with Gasteiger partial charge in [0, 0.05) is 24.8 Å². The molecule has 2 atom stereocenters. The molecule has 0 radical (unpaired) electrons. The van der Waals surface area contributed by atoms with E-state index in [2.05, 4.69) is 0 Å². The summed E-state index contributed by atoms with van der Waals surface area (Å²) in [7, 11) is 1.52. The number of hydrogen-bond donors (Lipinski definition) is 2. The summed E-state index contributed by atoms with van der Waals surface area (Å²) in [6, 6.07) is 4.86. The van der Waals surface area contributed by atoms with Gasteiger partial charge < -0.3 is 20.5 Å². The number of benzene rings is 1. The molecule has 0 aliphatic carbocycles. The molecule has 2 rings (SSSR count). The Kier molecular flexibility index (Phi) is 3.83. The van der Waals surface area contributed by atoms with Gasteiger partial charge >= 0.3 is 5.97 Å². The first kappa shape index (κ1) is 14.2. The average Bonchev–Trinajstić information content (AvgIpc) is 2.80. The summed E-state index contributed by atoms with van der Waals surface area (Å²) in [4.78, 5) is 25.0. The lowest BCUT2D eigenvalue weighted by molar-refractivity contribution is -0.142. The van der Waals surface area contributed by atoms with Crippen LogP contribution in [0.3, 0.4) is 0 Å². The highest BCUT2D eigenvalue weighted by Gasteiger charge is 2.37. The second kappa shape index (κ2) is 5.40. The van der Waals surface area contributed by atoms with Crippen LogP contribution in [0.5, 0.6) is 5.75 Å². The van der Waals surface area contributed by atoms with Crippen molar-refractivity contribution < 1.29 is 19.4 Å². The van der Waals surface area contributed by atoms with Gasteiger partial charge in [-0.15, -0.1) is 0 Å². The zero-order chi connectivity index (χ0) is 14.9. The van der Waals surface area contributed by atoms with Gasteiger partial charge in [-0.1, -0.05) is 6.92 Å². The molecule has 1 heterocycles. The Morgan fingerprint density at radius 2 is 2.10 bits per heavy atom. The third kappa shape index (κ3) is 2.54. The Labute approximate surface area is 117 Å². The van der Waals surface area contributed by atoms with Crippen molar-refractivity contribution in [1.29, 1.82) is 0 Å². The molecular weight excluding hydrogens is 260 g/mol. The minimum absolute atomic E-state index is 0.0593. The normalized spacial score (nSPS) is 21.8. The van der Waals surface area contributed by atoms with Crippen LogP contribution in [0.2, 0.25) is 0 Å². The lowest BCUT2D eigenvalue weighted by Crippen LogP contribution is -2.30. The number of carbonyl (C=O) groups is 2. The van der Waals surface area contributed by atoms with E-state index >= 15 is 0 Å². The molecule has 0 saturated carbocycles. The molecule has 0 spiro atoms. The predicted octanol–water partition coefficient (Wildman–Crippen LogP) is 1.07. The van der Waals surface area contributed by atoms with Crippen LogP contribution in [0, 0.1) is 11.8 Å². The number of nitrogens with zero attached hydrogens (tertiary/aromatic N) is 1. The minimum atomic E-state index is -0.865. The van der Waals surface area contributed by atoms with Crippen LogP contribution in [0.25, 0.3) is 0 Å². The fraction of sp³-hybridized carbons (Fsp3) is 0.429. The lowest BCUT2D eigenvalue weighted by Gasteiger charge is -2.17. The third-order valence-corrected chi connectivity index (χ3v) is 3.71. The Balaban J connectivity index is 2.19. The minimum Gasteiger partial charge on any atom is -0.497 e. The van der Waals surface area contributed by atoms with Gasteiger partial charge in [-0.05, 0) is 18.1 Å². The van der Waals surface area contributed by atoms with Crippen molar-refractivity contribution in [2.45, 2.75) is 6.92 Å². The molecule has 6 nitrogen and oxygen atoms in total. The summed E-state index contributed by atoms with van der Waals surface area (Å²) in [5, 5.41) is 9.10. The SMILES string of the molecule is COc1ccc(C(=O)N2CC(C)C(C(=O)O)C2)c(N)c1. The summed E-state index contributed by atoms with van der Waals surface area (Å²) in [5.74, 6) is -1.09. The van der Waals surface area contributed by atoms with Crippen molar-refractivity contribution in [1.82, 2.24) is 4.90 Å². The molecule has 0 bridgehead atoms. The zero-order valence-corrected chi connectivity index (χ0v) is 11.5. The van der Waals surface area contributed by atoms with E-state index in [1.54, 1.807) is 23.1 Å². The molecule has 1 aliphatic rings. The summed E-state index contributed by atoms with van der Waals surface area (Å²) < 4.78 is 5.04. The first-order chi connectivity index (χ1) is 9.43. The number of carbonyl (C=O) groups excluding carboxylic acids is 1. The molecular formula is C14H18N2O4. The molecule has 1 saturated heterocycles. The van der Waals surface area contributed by atoms with E-state index in [9.17, 15) is 9.59 Å². The van der Waals surface area contributed by atoms with Crippen LogP contribution >= 0.6 is 0 Å². The predicted molar refractivity (Wildman–Crippen MR) is 73.6 cm³/mol. The van der Waals surface area contributed by atoms with Crippen LogP contribution in [0.1, 0.15) is 17.3 Å². The van der Waals surface area contributed by atoms with Crippen LogP contribution < -0.4 is 10.5 Å². The van der Waals surface area contributed by atoms with Crippen LogP contribution in [-0.2, 0) is 4.79 Å². The van der Waals surface area contributed by atoms with Gasteiger partial charge in [0.2, 0.25) is 0 Å². The lowest BCUT2D eigenvalue weighted by atomic mass is 9.99. The van der Waals surface area contributed by atoms with Crippen LogP contribution in [0.15, 0.2) is 18.2 Å². The largest absolute Gasteiger partial charge is 0.497 e. The number of hydrogen-bond acceptors (Lipinski definition) is 4. The van der Waals surface area contributed by atoms with Crippen molar-refractivity contribution in [3.63, 3.8) is 0 Å². The topological polar surface area (TPSA) is 92.9 Å². The Morgan fingerprint density at radius 1 is 1.40 bits per heavy atom. The fourth-order valence-corrected chi connectivity index (χ4v) is 2.49. The van der Waals surface area contributed by atoms with Crippen molar-refractivity contribution in [2.24, 2.45) is 11.8 Å². The van der Waals surface area contributed by atoms with Gasteiger partial charge in [0.15, 0.2) is 0 Å². The maximum atomic E-state index is 12.4. The van der Waals surface area contributed by atoms with Gasteiger partial charge in [0.1, 0.15) is 5.75 Å². The molecule has 1 fully saturated rings. The van der Waals surface area contributed by atoms with Crippen molar-refractivity contribution >= 4 is 17.6 Å². The monoisotopic (exact) mass is 278 g/mol. The molecule has 20 heavy (non-hydrogen) atoms. The van der Waals surface area contributed by atoms with E-state index in [1.165, 1.54) is 7.11 Å². The number of methoxy groups -OCH3 is 1. The highest BCUT2D eigenvalue weighted by molar-refractivity contribution is 5.99. The number of rotatable bonds is 3. The number of anilines is 1. The maximum Gasteiger partial charge on any atom is 0.308 e. The summed E-state index contributed by atoms with van der Waals surface area (Å²) in [5.41, 5.74) is 6.56. The number of carboxylic acid groups (broad SMARTS) is 1. The van der Waals surface area contributed by atoms with E-state index in [1.807, 2.05) is 6.92 Å². The highest BCUT2D eigenvalue weighted by Crippen LogP contribution is 2.27. The molecule has 6 heteroatoms. The van der Waals surface area contributed by atoms with Crippen molar-refractivity contribution in [2.75, 3.05) is 25.9 Å². The van der Waals surface area contributed by atoms with Crippen LogP contribution in [0.4, 0.5) is 5.69 Å². The number of nitrogen functional groups attached to an aromatic ring is 1. The van der Waals surface area contributed by atoms with E-state index in [0.29, 0.717) is 23.5 Å². The van der Waals surface area contributed by atoms with Gasteiger partial charge in [0.25, 0.3) is 5.91 Å². The van der Waals surface area contributed by atoms with Gasteiger partial charge in [-0.25, -0.2) is 0 Å². The Bertz CT molecular complexity index is 544. The Morgan fingerprint density at radius 3 is 2.60 bits per heavy atom. The average molecular weight is 278 g/mol. The quantitative estimate of drug-likeness (QED) is 0.807. The second-order valence-corrected chi connectivity index (χ2v) is 5.09. The number of likely N-dealkylation sites (tertiary alicyclic amines) is 1. The standard InChI is InChI=1S/C14H18N2O4/c1-8-6-16(7-11(8)14(18)19)13(17)10-4-3-9(20-2)5-12(10)15/h3-5,8,11H,6-7,15H2,1-2H3,(H,18,19). The van der Waals surface area contributed by atoms with Crippen LogP contribution in [-0.4, -0.2) is 42.1 Å². The number of carboxylic acids is 1. The summed E-state index contributed by atoms with van der Waals surface area (Å²) >= 11 is 0.